The van der Waals surface area contributed by atoms with Crippen molar-refractivity contribution in [3.63, 3.8) is 0 Å². The highest BCUT2D eigenvalue weighted by atomic mass is 35.5. The van der Waals surface area contributed by atoms with Crippen LogP contribution in [0.1, 0.15) is 31.9 Å². The van der Waals surface area contributed by atoms with Crippen molar-refractivity contribution in [3.8, 4) is 0 Å². The predicted octanol–water partition coefficient (Wildman–Crippen LogP) is 4.36. The van der Waals surface area contributed by atoms with Gasteiger partial charge in [-0.2, -0.15) is 0 Å². The Labute approximate surface area is 153 Å². The zero-order valence-corrected chi connectivity index (χ0v) is 15.4. The van der Waals surface area contributed by atoms with Crippen LogP contribution in [0.5, 0.6) is 0 Å². The highest BCUT2D eigenvalue weighted by Gasteiger charge is 2.13. The van der Waals surface area contributed by atoms with Crippen molar-refractivity contribution >= 4 is 29.2 Å². The van der Waals surface area contributed by atoms with E-state index in [1.807, 2.05) is 24.3 Å². The molecule has 2 aromatic carbocycles. The lowest BCUT2D eigenvalue weighted by molar-refractivity contribution is -0.146. The lowest BCUT2D eigenvalue weighted by Crippen LogP contribution is -2.21. The quantitative estimate of drug-likeness (QED) is 0.807. The third-order valence-corrected chi connectivity index (χ3v) is 3.91. The lowest BCUT2D eigenvalue weighted by atomic mass is 9.87. The molecule has 0 heterocycles. The molecule has 0 bridgehead atoms. The van der Waals surface area contributed by atoms with Crippen LogP contribution in [0, 0.1) is 0 Å². The molecule has 0 aliphatic rings. The van der Waals surface area contributed by atoms with Crippen LogP contribution in [-0.2, 0) is 26.2 Å². The summed E-state index contributed by atoms with van der Waals surface area (Å²) in [5.74, 6) is -0.825. The Morgan fingerprint density at radius 1 is 1.00 bits per heavy atom. The molecule has 0 radical (unpaired) electrons. The largest absolute Gasteiger partial charge is 0.455 e. The Morgan fingerprint density at radius 2 is 1.60 bits per heavy atom. The second kappa shape index (κ2) is 8.17. The molecule has 0 saturated carbocycles. The van der Waals surface area contributed by atoms with Crippen LogP contribution in [0.3, 0.4) is 0 Å². The van der Waals surface area contributed by atoms with Gasteiger partial charge in [0, 0.05) is 10.7 Å². The number of ether oxygens (including phenoxy) is 1. The predicted molar refractivity (Wildman–Crippen MR) is 99.9 cm³/mol. The molecule has 5 heteroatoms. The molecule has 0 spiro atoms. The summed E-state index contributed by atoms with van der Waals surface area (Å²) in [6, 6.07) is 14.5. The van der Waals surface area contributed by atoms with Crippen LogP contribution in [0.2, 0.25) is 5.02 Å². The van der Waals surface area contributed by atoms with Crippen LogP contribution in [-0.4, -0.2) is 18.5 Å². The number of rotatable bonds is 5. The van der Waals surface area contributed by atoms with E-state index < -0.39 is 5.97 Å². The van der Waals surface area contributed by atoms with Crippen molar-refractivity contribution in [3.05, 3.63) is 64.7 Å². The number of amides is 1. The maximum Gasteiger partial charge on any atom is 0.310 e. The molecule has 0 aliphatic carbocycles. The summed E-state index contributed by atoms with van der Waals surface area (Å²) in [6.07, 6.45) is 0.102. The van der Waals surface area contributed by atoms with Gasteiger partial charge in [-0.1, -0.05) is 56.6 Å². The highest BCUT2D eigenvalue weighted by molar-refractivity contribution is 6.30. The first-order valence-electron chi connectivity index (χ1n) is 8.04. The molecule has 2 rings (SSSR count). The standard InChI is InChI=1S/C20H22ClNO3/c1-20(2,3)15-6-10-17(11-7-15)22-18(23)13-25-19(24)12-14-4-8-16(21)9-5-14/h4-11H,12-13H2,1-3H3,(H,22,23). The fourth-order valence-electron chi connectivity index (χ4n) is 2.22. The molecular formula is C20H22ClNO3. The van der Waals surface area contributed by atoms with Gasteiger partial charge in [0.25, 0.3) is 5.91 Å². The fraction of sp³-hybridized carbons (Fsp3) is 0.300. The maximum absolute atomic E-state index is 11.9. The van der Waals surface area contributed by atoms with Gasteiger partial charge in [-0.15, -0.1) is 0 Å². The Balaban J connectivity index is 1.80. The second-order valence-corrected chi connectivity index (χ2v) is 7.28. The van der Waals surface area contributed by atoms with Crippen LogP contribution in [0.15, 0.2) is 48.5 Å². The van der Waals surface area contributed by atoms with Gasteiger partial charge in [-0.25, -0.2) is 0 Å². The molecule has 0 atom stereocenters. The van der Waals surface area contributed by atoms with Gasteiger partial charge in [0.2, 0.25) is 0 Å². The van der Waals surface area contributed by atoms with Gasteiger partial charge in [-0.05, 0) is 40.8 Å². The molecular weight excluding hydrogens is 338 g/mol. The summed E-state index contributed by atoms with van der Waals surface area (Å²) in [4.78, 5) is 23.7. The number of carbonyl (C=O) groups excluding carboxylic acids is 2. The third kappa shape index (κ3) is 6.24. The summed E-state index contributed by atoms with van der Waals surface area (Å²) < 4.78 is 5.00. The molecule has 0 aliphatic heterocycles. The number of hydrogen-bond acceptors (Lipinski definition) is 3. The van der Waals surface area contributed by atoms with E-state index in [4.69, 9.17) is 16.3 Å². The molecule has 4 nitrogen and oxygen atoms in total. The van der Waals surface area contributed by atoms with Crippen LogP contribution in [0.4, 0.5) is 5.69 Å². The average molecular weight is 360 g/mol. The summed E-state index contributed by atoms with van der Waals surface area (Å²) >= 11 is 5.79. The number of hydrogen-bond donors (Lipinski definition) is 1. The van der Waals surface area contributed by atoms with Crippen molar-refractivity contribution < 1.29 is 14.3 Å². The molecule has 0 fully saturated rings. The number of esters is 1. The zero-order valence-electron chi connectivity index (χ0n) is 14.6. The summed E-state index contributed by atoms with van der Waals surface area (Å²) in [7, 11) is 0. The van der Waals surface area contributed by atoms with Gasteiger partial charge < -0.3 is 10.1 Å². The van der Waals surface area contributed by atoms with Crippen molar-refractivity contribution in [1.82, 2.24) is 0 Å². The molecule has 1 amide bonds. The summed E-state index contributed by atoms with van der Waals surface area (Å²) in [5, 5.41) is 3.32. The van der Waals surface area contributed by atoms with E-state index in [-0.39, 0.29) is 24.3 Å². The molecule has 0 saturated heterocycles. The van der Waals surface area contributed by atoms with E-state index in [0.717, 1.165) is 5.56 Å². The van der Waals surface area contributed by atoms with Gasteiger partial charge in [0.05, 0.1) is 6.42 Å². The molecule has 0 aromatic heterocycles. The lowest BCUT2D eigenvalue weighted by Gasteiger charge is -2.19. The minimum Gasteiger partial charge on any atom is -0.455 e. The minimum atomic E-state index is -0.458. The smallest absolute Gasteiger partial charge is 0.310 e. The van der Waals surface area contributed by atoms with Crippen LogP contribution >= 0.6 is 11.6 Å². The molecule has 132 valence electrons. The van der Waals surface area contributed by atoms with E-state index in [1.165, 1.54) is 5.56 Å². The van der Waals surface area contributed by atoms with E-state index >= 15 is 0 Å². The normalized spacial score (nSPS) is 11.0. The summed E-state index contributed by atoms with van der Waals surface area (Å²) in [5.41, 5.74) is 2.69. The monoisotopic (exact) mass is 359 g/mol. The number of benzene rings is 2. The van der Waals surface area contributed by atoms with E-state index in [2.05, 4.69) is 26.1 Å². The Morgan fingerprint density at radius 3 is 2.16 bits per heavy atom. The molecule has 1 N–H and O–H groups in total. The maximum atomic E-state index is 11.9. The van der Waals surface area contributed by atoms with Crippen molar-refractivity contribution in [1.29, 1.82) is 0 Å². The number of nitrogens with one attached hydrogen (secondary N) is 1. The van der Waals surface area contributed by atoms with Crippen LogP contribution in [0.25, 0.3) is 0 Å². The third-order valence-electron chi connectivity index (χ3n) is 3.66. The number of halogens is 1. The first-order chi connectivity index (χ1) is 11.7. The Hall–Kier alpha value is -2.33. The van der Waals surface area contributed by atoms with Crippen molar-refractivity contribution in [2.45, 2.75) is 32.6 Å². The molecule has 0 unspecified atom stereocenters. The first kappa shape index (κ1) is 19.0. The van der Waals surface area contributed by atoms with Crippen molar-refractivity contribution in [2.24, 2.45) is 0 Å². The summed E-state index contributed by atoms with van der Waals surface area (Å²) in [6.45, 7) is 6.07. The van der Waals surface area contributed by atoms with Crippen LogP contribution < -0.4 is 5.32 Å². The number of carbonyl (C=O) groups is 2. The Kier molecular flexibility index (Phi) is 6.21. The van der Waals surface area contributed by atoms with E-state index in [9.17, 15) is 9.59 Å². The first-order valence-corrected chi connectivity index (χ1v) is 8.42. The van der Waals surface area contributed by atoms with Gasteiger partial charge in [-0.3, -0.25) is 9.59 Å². The van der Waals surface area contributed by atoms with Gasteiger partial charge >= 0.3 is 5.97 Å². The fourth-order valence-corrected chi connectivity index (χ4v) is 2.34. The van der Waals surface area contributed by atoms with Crippen molar-refractivity contribution in [2.75, 3.05) is 11.9 Å². The van der Waals surface area contributed by atoms with E-state index in [1.54, 1.807) is 24.3 Å². The minimum absolute atomic E-state index is 0.0553. The second-order valence-electron chi connectivity index (χ2n) is 6.84. The van der Waals surface area contributed by atoms with Gasteiger partial charge in [0.1, 0.15) is 0 Å². The van der Waals surface area contributed by atoms with E-state index in [0.29, 0.717) is 10.7 Å². The topological polar surface area (TPSA) is 55.4 Å². The zero-order chi connectivity index (χ0) is 18.4. The van der Waals surface area contributed by atoms with Gasteiger partial charge in [0.15, 0.2) is 6.61 Å². The highest BCUT2D eigenvalue weighted by Crippen LogP contribution is 2.23. The SMILES string of the molecule is CC(C)(C)c1ccc(NC(=O)COC(=O)Cc2ccc(Cl)cc2)cc1. The Bertz CT molecular complexity index is 731. The molecule has 25 heavy (non-hydrogen) atoms. The average Bonchev–Trinajstić information content (AvgIpc) is 2.55. The number of anilines is 1. The molecule has 2 aromatic rings.